The molecule has 0 radical (unpaired) electrons. The van der Waals surface area contributed by atoms with Crippen molar-refractivity contribution in [1.29, 1.82) is 0 Å². The minimum absolute atomic E-state index is 0. The van der Waals surface area contributed by atoms with E-state index in [4.69, 9.17) is 4.98 Å². The largest absolute Gasteiger partial charge is 0.308 e. The molecule has 1 aromatic carbocycles. The standard InChI is InChI=1S/C21H29N5OS.ClH/c1-7-16-8-9-17-19(13-16)28-21(22-17)25(11-10-24(5)6)20(27)18-12-15(4)23-26(18)14(2)3;/h8-9,12-14H,7,10-11H2,1-6H3;1H. The summed E-state index contributed by atoms with van der Waals surface area (Å²) in [6, 6.07) is 8.31. The van der Waals surface area contributed by atoms with Crippen LogP contribution in [0.1, 0.15) is 48.6 Å². The molecule has 0 aliphatic heterocycles. The number of rotatable bonds is 7. The van der Waals surface area contributed by atoms with Crippen LogP contribution < -0.4 is 4.90 Å². The molecule has 0 atom stereocenters. The third kappa shape index (κ3) is 5.15. The Hall–Kier alpha value is -1.96. The zero-order valence-corrected chi connectivity index (χ0v) is 19.6. The molecule has 0 unspecified atom stereocenters. The summed E-state index contributed by atoms with van der Waals surface area (Å²) < 4.78 is 2.92. The zero-order chi connectivity index (χ0) is 20.4. The lowest BCUT2D eigenvalue weighted by molar-refractivity contribution is 0.0973. The van der Waals surface area contributed by atoms with Gasteiger partial charge >= 0.3 is 0 Å². The SMILES string of the molecule is CCc1ccc2nc(N(CCN(C)C)C(=O)c3cc(C)nn3C(C)C)sc2c1.Cl. The average Bonchev–Trinajstić information content (AvgIpc) is 3.24. The van der Waals surface area contributed by atoms with Crippen LogP contribution in [0.5, 0.6) is 0 Å². The van der Waals surface area contributed by atoms with Gasteiger partial charge in [-0.05, 0) is 65.0 Å². The number of halogens is 1. The molecule has 8 heteroatoms. The number of nitrogens with zero attached hydrogens (tertiary/aromatic N) is 5. The summed E-state index contributed by atoms with van der Waals surface area (Å²) in [5.41, 5.74) is 3.68. The van der Waals surface area contributed by atoms with Gasteiger partial charge in [0, 0.05) is 19.1 Å². The van der Waals surface area contributed by atoms with Gasteiger partial charge in [0.25, 0.3) is 5.91 Å². The van der Waals surface area contributed by atoms with Gasteiger partial charge in [0.05, 0.1) is 15.9 Å². The van der Waals surface area contributed by atoms with Crippen LogP contribution in [0.25, 0.3) is 10.2 Å². The summed E-state index contributed by atoms with van der Waals surface area (Å²) in [7, 11) is 4.02. The van der Waals surface area contributed by atoms with E-state index in [9.17, 15) is 4.79 Å². The van der Waals surface area contributed by atoms with Crippen LogP contribution in [0.4, 0.5) is 5.13 Å². The quantitative estimate of drug-likeness (QED) is 0.545. The Kier molecular flexibility index (Phi) is 7.80. The molecule has 0 saturated heterocycles. The molecule has 3 rings (SSSR count). The van der Waals surface area contributed by atoms with Crippen molar-refractivity contribution in [2.75, 3.05) is 32.1 Å². The number of benzene rings is 1. The Morgan fingerprint density at radius 3 is 2.55 bits per heavy atom. The molecular formula is C21H30ClN5OS. The van der Waals surface area contributed by atoms with E-state index in [2.05, 4.69) is 29.1 Å². The second kappa shape index (κ2) is 9.69. The number of likely N-dealkylation sites (N-methyl/N-ethyl adjacent to an activating group) is 1. The number of carbonyl (C=O) groups is 1. The zero-order valence-electron chi connectivity index (χ0n) is 18.0. The first-order chi connectivity index (χ1) is 13.3. The van der Waals surface area contributed by atoms with Gasteiger partial charge < -0.3 is 4.90 Å². The molecule has 0 bridgehead atoms. The molecule has 3 aromatic rings. The fourth-order valence-corrected chi connectivity index (χ4v) is 4.14. The monoisotopic (exact) mass is 435 g/mol. The van der Waals surface area contributed by atoms with Gasteiger partial charge in [0.1, 0.15) is 5.69 Å². The lowest BCUT2D eigenvalue weighted by Crippen LogP contribution is -2.38. The van der Waals surface area contributed by atoms with Crippen molar-refractivity contribution < 1.29 is 4.79 Å². The number of aromatic nitrogens is 3. The van der Waals surface area contributed by atoms with E-state index < -0.39 is 0 Å². The van der Waals surface area contributed by atoms with Gasteiger partial charge in [0.2, 0.25) is 0 Å². The second-order valence-electron chi connectivity index (χ2n) is 7.62. The predicted octanol–water partition coefficient (Wildman–Crippen LogP) is 4.57. The van der Waals surface area contributed by atoms with E-state index in [0.29, 0.717) is 12.2 Å². The van der Waals surface area contributed by atoms with E-state index in [1.54, 1.807) is 16.2 Å². The number of carbonyl (C=O) groups excluding carboxylic acids is 1. The number of hydrogen-bond donors (Lipinski definition) is 0. The van der Waals surface area contributed by atoms with Gasteiger partial charge in [-0.1, -0.05) is 24.3 Å². The smallest absolute Gasteiger partial charge is 0.278 e. The van der Waals surface area contributed by atoms with Crippen molar-refractivity contribution in [2.24, 2.45) is 0 Å². The molecule has 158 valence electrons. The highest BCUT2D eigenvalue weighted by Gasteiger charge is 2.25. The number of amides is 1. The Morgan fingerprint density at radius 1 is 1.21 bits per heavy atom. The van der Waals surface area contributed by atoms with Crippen molar-refractivity contribution in [2.45, 2.75) is 40.2 Å². The maximum absolute atomic E-state index is 13.5. The van der Waals surface area contributed by atoms with Crippen LogP contribution in [0, 0.1) is 6.92 Å². The van der Waals surface area contributed by atoms with Gasteiger partial charge in [-0.15, -0.1) is 12.4 Å². The van der Waals surface area contributed by atoms with E-state index in [-0.39, 0.29) is 24.4 Å². The Balaban J connectivity index is 0.00000300. The Labute approximate surface area is 182 Å². The van der Waals surface area contributed by atoms with Crippen LogP contribution in [-0.2, 0) is 6.42 Å². The van der Waals surface area contributed by atoms with Crippen LogP contribution in [0.2, 0.25) is 0 Å². The molecule has 29 heavy (non-hydrogen) atoms. The maximum Gasteiger partial charge on any atom is 0.278 e. The van der Waals surface area contributed by atoms with Crippen LogP contribution >= 0.6 is 23.7 Å². The van der Waals surface area contributed by atoms with Gasteiger partial charge in [-0.25, -0.2) is 4.98 Å². The number of hydrogen-bond acceptors (Lipinski definition) is 5. The second-order valence-corrected chi connectivity index (χ2v) is 8.63. The molecule has 0 fully saturated rings. The summed E-state index contributed by atoms with van der Waals surface area (Å²) in [4.78, 5) is 22.2. The maximum atomic E-state index is 13.5. The van der Waals surface area contributed by atoms with E-state index in [0.717, 1.165) is 34.0 Å². The molecule has 2 heterocycles. The van der Waals surface area contributed by atoms with Crippen molar-refractivity contribution in [3.8, 4) is 0 Å². The van der Waals surface area contributed by atoms with Crippen LogP contribution in [0.15, 0.2) is 24.3 Å². The van der Waals surface area contributed by atoms with Crippen molar-refractivity contribution >= 4 is 45.0 Å². The third-order valence-corrected chi connectivity index (χ3v) is 5.70. The minimum atomic E-state index is -0.0501. The Morgan fingerprint density at radius 2 is 1.93 bits per heavy atom. The molecule has 0 saturated carbocycles. The van der Waals surface area contributed by atoms with Crippen LogP contribution in [0.3, 0.4) is 0 Å². The number of anilines is 1. The first-order valence-corrected chi connectivity index (χ1v) is 10.5. The minimum Gasteiger partial charge on any atom is -0.308 e. The highest BCUT2D eigenvalue weighted by molar-refractivity contribution is 7.22. The highest BCUT2D eigenvalue weighted by atomic mass is 35.5. The number of thiazole rings is 1. The molecule has 6 nitrogen and oxygen atoms in total. The van der Waals surface area contributed by atoms with Crippen molar-refractivity contribution in [1.82, 2.24) is 19.7 Å². The van der Waals surface area contributed by atoms with Crippen molar-refractivity contribution in [3.05, 3.63) is 41.2 Å². The summed E-state index contributed by atoms with van der Waals surface area (Å²) in [6.07, 6.45) is 0.985. The molecule has 0 spiro atoms. The molecule has 0 aliphatic carbocycles. The summed E-state index contributed by atoms with van der Waals surface area (Å²) in [5, 5.41) is 5.25. The lowest BCUT2D eigenvalue weighted by atomic mass is 10.2. The summed E-state index contributed by atoms with van der Waals surface area (Å²) >= 11 is 1.58. The Bertz CT molecular complexity index is 979. The van der Waals surface area contributed by atoms with E-state index in [1.165, 1.54) is 5.56 Å². The predicted molar refractivity (Wildman–Crippen MR) is 124 cm³/mol. The summed E-state index contributed by atoms with van der Waals surface area (Å²) in [6.45, 7) is 9.48. The lowest BCUT2D eigenvalue weighted by Gasteiger charge is -2.22. The first-order valence-electron chi connectivity index (χ1n) is 9.72. The molecule has 0 aliphatic rings. The fourth-order valence-electron chi connectivity index (χ4n) is 3.08. The average molecular weight is 436 g/mol. The normalized spacial score (nSPS) is 11.3. The van der Waals surface area contributed by atoms with Gasteiger partial charge in [-0.3, -0.25) is 14.4 Å². The molecule has 1 amide bonds. The van der Waals surface area contributed by atoms with E-state index in [1.807, 2.05) is 51.7 Å². The third-order valence-electron chi connectivity index (χ3n) is 4.66. The number of fused-ring (bicyclic) bond motifs is 1. The number of aryl methyl sites for hydroxylation is 2. The molecule has 0 N–H and O–H groups in total. The van der Waals surface area contributed by atoms with Crippen LogP contribution in [-0.4, -0.2) is 52.8 Å². The highest BCUT2D eigenvalue weighted by Crippen LogP contribution is 2.31. The van der Waals surface area contributed by atoms with Gasteiger partial charge in [0.15, 0.2) is 5.13 Å². The van der Waals surface area contributed by atoms with Crippen molar-refractivity contribution in [3.63, 3.8) is 0 Å². The first kappa shape index (κ1) is 23.3. The summed E-state index contributed by atoms with van der Waals surface area (Å²) in [5.74, 6) is -0.0501. The fraction of sp³-hybridized carbons (Fsp3) is 0.476. The van der Waals surface area contributed by atoms with Gasteiger partial charge in [-0.2, -0.15) is 5.10 Å². The molecular weight excluding hydrogens is 406 g/mol. The van der Waals surface area contributed by atoms with E-state index >= 15 is 0 Å². The molecule has 2 aromatic heterocycles. The topological polar surface area (TPSA) is 54.3 Å².